The maximum absolute atomic E-state index is 12.3. The van der Waals surface area contributed by atoms with Gasteiger partial charge in [0.05, 0.1) is 38.0 Å². The van der Waals surface area contributed by atoms with Gasteiger partial charge in [-0.1, -0.05) is 6.92 Å². The van der Waals surface area contributed by atoms with Gasteiger partial charge in [-0.05, 0) is 19.3 Å². The highest BCUT2D eigenvalue weighted by atomic mass is 32.2. The van der Waals surface area contributed by atoms with Gasteiger partial charge in [0.2, 0.25) is 15.9 Å². The highest BCUT2D eigenvalue weighted by Crippen LogP contribution is 2.19. The summed E-state index contributed by atoms with van der Waals surface area (Å²) in [5.74, 6) is -0.0500. The number of carbonyl (C=O) groups excluding carboxylic acids is 1. The van der Waals surface area contributed by atoms with Crippen LogP contribution in [0.5, 0.6) is 0 Å². The Bertz CT molecular complexity index is 477. The number of carbonyl (C=O) groups is 1. The Kier molecular flexibility index (Phi) is 7.26. The van der Waals surface area contributed by atoms with Crippen molar-refractivity contribution < 1.29 is 22.8 Å². The summed E-state index contributed by atoms with van der Waals surface area (Å²) in [7, 11) is -3.20. The van der Waals surface area contributed by atoms with Crippen molar-refractivity contribution in [2.45, 2.75) is 26.2 Å². The topological polar surface area (TPSA) is 80.2 Å². The van der Waals surface area contributed by atoms with E-state index in [0.717, 1.165) is 45.7 Å². The molecule has 1 amide bonds. The van der Waals surface area contributed by atoms with E-state index < -0.39 is 10.0 Å². The van der Waals surface area contributed by atoms with Crippen molar-refractivity contribution in [1.29, 1.82) is 0 Å². The van der Waals surface area contributed by atoms with Crippen LogP contribution in [-0.4, -0.2) is 76.9 Å². The normalized spacial score (nSPS) is 24.5. The molecule has 1 unspecified atom stereocenters. The van der Waals surface area contributed by atoms with Crippen molar-refractivity contribution in [1.82, 2.24) is 9.62 Å². The molecule has 2 rings (SSSR count). The SMILES string of the molecule is CCCS(=O)(=O)N1CCCC(C(=O)NCC[NH+]2CCOCC2)C1. The molecule has 2 N–H and O–H groups in total. The van der Waals surface area contributed by atoms with E-state index in [1.54, 1.807) is 0 Å². The minimum atomic E-state index is -3.20. The van der Waals surface area contributed by atoms with E-state index >= 15 is 0 Å². The lowest BCUT2D eigenvalue weighted by Crippen LogP contribution is -3.14. The highest BCUT2D eigenvalue weighted by molar-refractivity contribution is 7.89. The first-order valence-electron chi connectivity index (χ1n) is 8.70. The van der Waals surface area contributed by atoms with E-state index in [4.69, 9.17) is 4.74 Å². The Morgan fingerprint density at radius 3 is 2.78 bits per heavy atom. The summed E-state index contributed by atoms with van der Waals surface area (Å²) in [4.78, 5) is 13.8. The summed E-state index contributed by atoms with van der Waals surface area (Å²) >= 11 is 0. The largest absolute Gasteiger partial charge is 0.370 e. The van der Waals surface area contributed by atoms with Crippen LogP contribution in [0.3, 0.4) is 0 Å². The molecular weight excluding hydrogens is 318 g/mol. The van der Waals surface area contributed by atoms with Crippen molar-refractivity contribution in [3.63, 3.8) is 0 Å². The molecule has 0 aromatic rings. The monoisotopic (exact) mass is 348 g/mol. The van der Waals surface area contributed by atoms with Crippen LogP contribution in [0.1, 0.15) is 26.2 Å². The third-order valence-corrected chi connectivity index (χ3v) is 6.63. The van der Waals surface area contributed by atoms with Gasteiger partial charge in [0.15, 0.2) is 0 Å². The fraction of sp³-hybridized carbons (Fsp3) is 0.933. The second kappa shape index (κ2) is 8.96. The first-order chi connectivity index (χ1) is 11.0. The molecule has 2 saturated heterocycles. The van der Waals surface area contributed by atoms with E-state index in [-0.39, 0.29) is 17.6 Å². The molecule has 23 heavy (non-hydrogen) atoms. The van der Waals surface area contributed by atoms with Crippen LogP contribution in [0.25, 0.3) is 0 Å². The maximum atomic E-state index is 12.3. The second-order valence-corrected chi connectivity index (χ2v) is 8.51. The van der Waals surface area contributed by atoms with Crippen LogP contribution in [0, 0.1) is 5.92 Å². The lowest BCUT2D eigenvalue weighted by molar-refractivity contribution is -0.906. The average molecular weight is 348 g/mol. The van der Waals surface area contributed by atoms with E-state index in [9.17, 15) is 13.2 Å². The number of piperidine rings is 1. The molecule has 0 spiro atoms. The van der Waals surface area contributed by atoms with E-state index in [1.165, 1.54) is 9.21 Å². The average Bonchev–Trinajstić information content (AvgIpc) is 2.56. The number of amides is 1. The molecule has 0 saturated carbocycles. The molecule has 0 aromatic heterocycles. The molecule has 0 aliphatic carbocycles. The first kappa shape index (κ1) is 18.6. The van der Waals surface area contributed by atoms with Crippen molar-refractivity contribution >= 4 is 15.9 Å². The van der Waals surface area contributed by atoms with Gasteiger partial charge < -0.3 is 15.0 Å². The van der Waals surface area contributed by atoms with Gasteiger partial charge in [-0.25, -0.2) is 12.7 Å². The smallest absolute Gasteiger partial charge is 0.224 e. The van der Waals surface area contributed by atoms with Crippen LogP contribution in [0.4, 0.5) is 0 Å². The van der Waals surface area contributed by atoms with Crippen LogP contribution < -0.4 is 10.2 Å². The number of morpholine rings is 1. The number of nitrogens with one attached hydrogen (secondary N) is 2. The number of sulfonamides is 1. The Labute approximate surface area is 139 Å². The number of ether oxygens (including phenoxy) is 1. The van der Waals surface area contributed by atoms with Crippen LogP contribution in [-0.2, 0) is 19.6 Å². The van der Waals surface area contributed by atoms with Crippen LogP contribution >= 0.6 is 0 Å². The maximum Gasteiger partial charge on any atom is 0.224 e. The number of hydrogen-bond donors (Lipinski definition) is 2. The van der Waals surface area contributed by atoms with Crippen LogP contribution in [0.2, 0.25) is 0 Å². The van der Waals surface area contributed by atoms with E-state index in [2.05, 4.69) is 5.32 Å². The minimum Gasteiger partial charge on any atom is -0.370 e. The van der Waals surface area contributed by atoms with E-state index in [1.807, 2.05) is 6.92 Å². The van der Waals surface area contributed by atoms with Gasteiger partial charge in [-0.15, -0.1) is 0 Å². The molecule has 8 heteroatoms. The molecule has 1 atom stereocenters. The predicted octanol–water partition coefficient (Wildman–Crippen LogP) is -1.53. The van der Waals surface area contributed by atoms with Crippen LogP contribution in [0.15, 0.2) is 0 Å². The fourth-order valence-corrected chi connectivity index (χ4v) is 4.80. The predicted molar refractivity (Wildman–Crippen MR) is 87.8 cm³/mol. The third kappa shape index (κ3) is 5.70. The number of nitrogens with zero attached hydrogens (tertiary/aromatic N) is 1. The molecule has 0 aromatic carbocycles. The van der Waals surface area contributed by atoms with Gasteiger partial charge in [-0.2, -0.15) is 0 Å². The summed E-state index contributed by atoms with van der Waals surface area (Å²) in [5, 5.41) is 2.98. The zero-order chi connectivity index (χ0) is 16.7. The second-order valence-electron chi connectivity index (χ2n) is 6.42. The zero-order valence-electron chi connectivity index (χ0n) is 14.1. The van der Waals surface area contributed by atoms with Gasteiger partial charge in [0.1, 0.15) is 13.1 Å². The summed E-state index contributed by atoms with van der Waals surface area (Å²) in [5.41, 5.74) is 0. The Morgan fingerprint density at radius 1 is 1.35 bits per heavy atom. The quantitative estimate of drug-likeness (QED) is 0.585. The molecule has 7 nitrogen and oxygen atoms in total. The molecule has 2 aliphatic heterocycles. The molecule has 0 radical (unpaired) electrons. The minimum absolute atomic E-state index is 0.00550. The number of rotatable bonds is 7. The van der Waals surface area contributed by atoms with E-state index in [0.29, 0.717) is 26.1 Å². The summed E-state index contributed by atoms with van der Waals surface area (Å²) in [6.45, 7) is 7.84. The summed E-state index contributed by atoms with van der Waals surface area (Å²) in [6, 6.07) is 0. The van der Waals surface area contributed by atoms with Crippen molar-refractivity contribution in [2.24, 2.45) is 5.92 Å². The first-order valence-corrected chi connectivity index (χ1v) is 10.3. The zero-order valence-corrected chi connectivity index (χ0v) is 14.9. The third-order valence-electron chi connectivity index (χ3n) is 4.59. The Balaban J connectivity index is 1.75. The highest BCUT2D eigenvalue weighted by Gasteiger charge is 2.31. The number of hydrogen-bond acceptors (Lipinski definition) is 4. The summed E-state index contributed by atoms with van der Waals surface area (Å²) in [6.07, 6.45) is 2.14. The summed E-state index contributed by atoms with van der Waals surface area (Å²) < 4.78 is 31.1. The lowest BCUT2D eigenvalue weighted by atomic mass is 9.99. The molecule has 2 aliphatic rings. The Morgan fingerprint density at radius 2 is 2.09 bits per heavy atom. The molecule has 2 fully saturated rings. The fourth-order valence-electron chi connectivity index (χ4n) is 3.21. The lowest BCUT2D eigenvalue weighted by Gasteiger charge is -2.31. The molecule has 134 valence electrons. The Hall–Kier alpha value is -0.700. The van der Waals surface area contributed by atoms with Crippen molar-refractivity contribution in [3.8, 4) is 0 Å². The van der Waals surface area contributed by atoms with Gasteiger partial charge in [-0.3, -0.25) is 4.79 Å². The molecule has 2 heterocycles. The standard InChI is InChI=1S/C15H29N3O4S/c1-2-12-23(20,21)18-6-3-4-14(13-18)15(19)16-5-7-17-8-10-22-11-9-17/h14H,2-13H2,1H3,(H,16,19)/p+1. The van der Waals surface area contributed by atoms with Crippen molar-refractivity contribution in [3.05, 3.63) is 0 Å². The number of quaternary nitrogens is 1. The van der Waals surface area contributed by atoms with Gasteiger partial charge in [0.25, 0.3) is 0 Å². The van der Waals surface area contributed by atoms with Gasteiger partial charge in [0, 0.05) is 13.1 Å². The molecular formula is C15H30N3O4S+. The molecule has 0 bridgehead atoms. The van der Waals surface area contributed by atoms with Gasteiger partial charge >= 0.3 is 0 Å². The van der Waals surface area contributed by atoms with Crippen molar-refractivity contribution in [2.75, 3.05) is 58.2 Å².